The molecule has 2 aromatic carbocycles. The molecule has 0 aliphatic rings. The van der Waals surface area contributed by atoms with Crippen LogP contribution in [0.4, 0.5) is 14.6 Å². The fourth-order valence-electron chi connectivity index (χ4n) is 3.11. The van der Waals surface area contributed by atoms with Crippen LogP contribution in [-0.2, 0) is 0 Å². The van der Waals surface area contributed by atoms with Crippen molar-refractivity contribution in [1.82, 2.24) is 4.57 Å². The Labute approximate surface area is 158 Å². The van der Waals surface area contributed by atoms with Crippen LogP contribution in [-0.4, -0.2) is 20.7 Å². The van der Waals surface area contributed by atoms with Crippen LogP contribution < -0.4 is 11.3 Å². The fraction of sp³-hybridized carbons (Fsp3) is 0.100. The van der Waals surface area contributed by atoms with Crippen LogP contribution in [0.25, 0.3) is 16.8 Å². The van der Waals surface area contributed by atoms with Gasteiger partial charge in [-0.3, -0.25) is 9.36 Å². The summed E-state index contributed by atoms with van der Waals surface area (Å²) in [5.74, 6) is -3.74. The maximum atomic E-state index is 13.7. The van der Waals surface area contributed by atoms with E-state index in [1.54, 1.807) is 19.9 Å². The fourth-order valence-corrected chi connectivity index (χ4v) is 3.11. The van der Waals surface area contributed by atoms with E-state index in [1.165, 1.54) is 6.07 Å². The molecule has 0 unspecified atom stereocenters. The molecule has 28 heavy (non-hydrogen) atoms. The first-order valence-corrected chi connectivity index (χ1v) is 8.16. The van der Waals surface area contributed by atoms with Crippen LogP contribution in [0.3, 0.4) is 0 Å². The van der Waals surface area contributed by atoms with E-state index in [1.807, 2.05) is 0 Å². The lowest BCUT2D eigenvalue weighted by Gasteiger charge is -2.19. The van der Waals surface area contributed by atoms with E-state index in [-0.39, 0.29) is 28.4 Å². The van der Waals surface area contributed by atoms with Gasteiger partial charge in [0.05, 0.1) is 5.69 Å². The Morgan fingerprint density at radius 3 is 2.25 bits per heavy atom. The summed E-state index contributed by atoms with van der Waals surface area (Å²) in [5, 5.41) is 19.5. The van der Waals surface area contributed by atoms with Gasteiger partial charge in [0.25, 0.3) is 5.56 Å². The maximum Gasteiger partial charge on any atom is 0.339 e. The highest BCUT2D eigenvalue weighted by atomic mass is 19.1. The number of anilines is 1. The van der Waals surface area contributed by atoms with E-state index in [0.717, 1.165) is 22.8 Å². The molecule has 0 fully saturated rings. The van der Waals surface area contributed by atoms with Gasteiger partial charge in [-0.25, -0.2) is 13.6 Å². The number of hydrogen-bond acceptors (Lipinski definition) is 4. The lowest BCUT2D eigenvalue weighted by atomic mass is 10.0. The Balaban J connectivity index is 2.49. The number of phenols is 1. The van der Waals surface area contributed by atoms with Gasteiger partial charge in [-0.05, 0) is 49.2 Å². The van der Waals surface area contributed by atoms with Gasteiger partial charge in [0.15, 0.2) is 0 Å². The molecule has 8 heteroatoms. The number of rotatable bonds is 3. The topological polar surface area (TPSA) is 106 Å². The zero-order chi connectivity index (χ0) is 20.7. The molecule has 0 aliphatic carbocycles. The Morgan fingerprint density at radius 2 is 1.68 bits per heavy atom. The third-order valence-electron chi connectivity index (χ3n) is 4.47. The molecule has 0 aliphatic heterocycles. The number of benzene rings is 2. The van der Waals surface area contributed by atoms with Crippen molar-refractivity contribution < 1.29 is 23.8 Å². The summed E-state index contributed by atoms with van der Waals surface area (Å²) in [6.45, 7) is 3.20. The Morgan fingerprint density at radius 1 is 1.07 bits per heavy atom. The van der Waals surface area contributed by atoms with Crippen molar-refractivity contribution in [3.63, 3.8) is 0 Å². The number of nitrogen functional groups attached to an aromatic ring is 1. The number of hydrogen-bond donors (Lipinski definition) is 3. The molecule has 1 aromatic heterocycles. The molecule has 1 heterocycles. The van der Waals surface area contributed by atoms with E-state index in [9.17, 15) is 28.6 Å². The van der Waals surface area contributed by atoms with Crippen LogP contribution >= 0.6 is 0 Å². The molecule has 3 aromatic rings. The molecule has 3 rings (SSSR count). The first-order chi connectivity index (χ1) is 13.1. The molecule has 4 N–H and O–H groups in total. The largest absolute Gasteiger partial charge is 0.508 e. The summed E-state index contributed by atoms with van der Waals surface area (Å²) < 4.78 is 28.3. The van der Waals surface area contributed by atoms with Crippen molar-refractivity contribution in [3.8, 4) is 22.6 Å². The maximum absolute atomic E-state index is 13.7. The Kier molecular flexibility index (Phi) is 4.64. The number of phenolic OH excluding ortho intramolecular Hbond substituents is 1. The monoisotopic (exact) mass is 386 g/mol. The predicted octanol–water partition coefficient (Wildman–Crippen LogP) is 3.39. The molecular weight excluding hydrogens is 370 g/mol. The van der Waals surface area contributed by atoms with Gasteiger partial charge in [-0.1, -0.05) is 6.07 Å². The third kappa shape index (κ3) is 3.09. The Bertz CT molecular complexity index is 1170. The molecule has 0 atom stereocenters. The van der Waals surface area contributed by atoms with Crippen LogP contribution in [0.15, 0.2) is 41.2 Å². The predicted molar refractivity (Wildman–Crippen MR) is 99.9 cm³/mol. The van der Waals surface area contributed by atoms with Crippen LogP contribution in [0.2, 0.25) is 0 Å². The van der Waals surface area contributed by atoms with Gasteiger partial charge in [0.2, 0.25) is 0 Å². The van der Waals surface area contributed by atoms with Crippen molar-refractivity contribution in [1.29, 1.82) is 0 Å². The minimum atomic E-state index is -1.42. The molecule has 6 nitrogen and oxygen atoms in total. The average Bonchev–Trinajstić information content (AvgIpc) is 2.60. The van der Waals surface area contributed by atoms with E-state index < -0.39 is 28.7 Å². The van der Waals surface area contributed by atoms with Gasteiger partial charge in [0, 0.05) is 17.2 Å². The second-order valence-corrected chi connectivity index (χ2v) is 6.34. The summed E-state index contributed by atoms with van der Waals surface area (Å²) >= 11 is 0. The first-order valence-electron chi connectivity index (χ1n) is 8.16. The third-order valence-corrected chi connectivity index (χ3v) is 4.47. The molecule has 0 amide bonds. The van der Waals surface area contributed by atoms with Crippen molar-refractivity contribution >= 4 is 11.8 Å². The van der Waals surface area contributed by atoms with Gasteiger partial charge in [-0.15, -0.1) is 0 Å². The summed E-state index contributed by atoms with van der Waals surface area (Å²) in [4.78, 5) is 24.8. The van der Waals surface area contributed by atoms with Gasteiger partial charge in [0.1, 0.15) is 28.8 Å². The van der Waals surface area contributed by atoms with Crippen LogP contribution in [0.1, 0.15) is 21.5 Å². The normalized spacial score (nSPS) is 10.9. The van der Waals surface area contributed by atoms with Crippen LogP contribution in [0.5, 0.6) is 5.75 Å². The summed E-state index contributed by atoms with van der Waals surface area (Å²) in [5.41, 5.74) is 5.44. The molecule has 0 saturated heterocycles. The van der Waals surface area contributed by atoms with Gasteiger partial charge >= 0.3 is 5.97 Å². The zero-order valence-corrected chi connectivity index (χ0v) is 15.0. The number of carbonyl (C=O) groups is 1. The average molecular weight is 386 g/mol. The lowest BCUT2D eigenvalue weighted by molar-refractivity contribution is 0.0697. The SMILES string of the molecule is Cc1ccc(O)c(C)c1-n1c(N)c(C(=O)O)cc(-c2cc(F)cc(F)c2)c1=O. The minimum Gasteiger partial charge on any atom is -0.508 e. The number of aromatic nitrogens is 1. The quantitative estimate of drug-likeness (QED) is 0.640. The standard InChI is InChI=1S/C20H16F2N2O4/c1-9-3-4-16(25)10(2)17(9)24-18(23)15(20(27)28)8-14(19(24)26)11-5-12(21)7-13(22)6-11/h3-8,25H,23H2,1-2H3,(H,27,28). The highest BCUT2D eigenvalue weighted by Crippen LogP contribution is 2.30. The zero-order valence-electron chi connectivity index (χ0n) is 15.0. The van der Waals surface area contributed by atoms with Gasteiger partial charge < -0.3 is 15.9 Å². The van der Waals surface area contributed by atoms with Crippen molar-refractivity contribution in [2.24, 2.45) is 0 Å². The van der Waals surface area contributed by atoms with E-state index in [2.05, 4.69) is 0 Å². The van der Waals surface area contributed by atoms with Crippen molar-refractivity contribution in [2.75, 3.05) is 5.73 Å². The number of aromatic carboxylic acids is 1. The number of aromatic hydroxyl groups is 1. The molecule has 144 valence electrons. The molecule has 0 saturated carbocycles. The summed E-state index contributed by atoms with van der Waals surface area (Å²) in [6.07, 6.45) is 0. The number of halogens is 2. The van der Waals surface area contributed by atoms with E-state index in [4.69, 9.17) is 5.73 Å². The summed E-state index contributed by atoms with van der Waals surface area (Å²) in [7, 11) is 0. The molecule has 0 bridgehead atoms. The Hall–Kier alpha value is -3.68. The van der Waals surface area contributed by atoms with Crippen molar-refractivity contribution in [3.05, 3.63) is 75.1 Å². The number of carboxylic acid groups (broad SMARTS) is 1. The molecular formula is C20H16F2N2O4. The second kappa shape index (κ2) is 6.80. The van der Waals surface area contributed by atoms with Crippen LogP contribution in [0, 0.1) is 25.5 Å². The number of nitrogens with zero attached hydrogens (tertiary/aromatic N) is 1. The first kappa shape index (κ1) is 19.1. The number of carboxylic acids is 1. The molecule has 0 radical (unpaired) electrons. The summed E-state index contributed by atoms with van der Waals surface area (Å²) in [6, 6.07) is 6.44. The highest BCUT2D eigenvalue weighted by Gasteiger charge is 2.22. The highest BCUT2D eigenvalue weighted by molar-refractivity contribution is 5.94. The smallest absolute Gasteiger partial charge is 0.339 e. The van der Waals surface area contributed by atoms with E-state index in [0.29, 0.717) is 17.2 Å². The number of nitrogens with two attached hydrogens (primary N) is 1. The molecule has 0 spiro atoms. The van der Waals surface area contributed by atoms with Gasteiger partial charge in [-0.2, -0.15) is 0 Å². The minimum absolute atomic E-state index is 0.119. The van der Waals surface area contributed by atoms with E-state index >= 15 is 0 Å². The lowest BCUT2D eigenvalue weighted by Crippen LogP contribution is -2.27. The second-order valence-electron chi connectivity index (χ2n) is 6.34. The number of aryl methyl sites for hydroxylation is 1. The number of pyridine rings is 1. The van der Waals surface area contributed by atoms with Crippen molar-refractivity contribution in [2.45, 2.75) is 13.8 Å².